The minimum Gasteiger partial charge on any atom is -1.00 e. The Bertz CT molecular complexity index is 1500. The van der Waals surface area contributed by atoms with Crippen molar-refractivity contribution in [3.63, 3.8) is 0 Å². The number of hydrogen-bond acceptors (Lipinski definition) is 7. The fourth-order valence-electron chi connectivity index (χ4n) is 3.81. The number of imidazole rings is 1. The number of aromatic nitrogens is 4. The van der Waals surface area contributed by atoms with Gasteiger partial charge in [-0.15, -0.1) is 0 Å². The average molecular weight is 646 g/mol. The summed E-state index contributed by atoms with van der Waals surface area (Å²) in [5, 5.41) is 18.2. The van der Waals surface area contributed by atoms with Gasteiger partial charge in [-0.05, 0) is 52.4 Å². The number of carbonyl (C=O) groups is 1. The first-order valence-electron chi connectivity index (χ1n) is 11.3. The van der Waals surface area contributed by atoms with Crippen molar-refractivity contribution in [2.75, 3.05) is 31.3 Å². The second kappa shape index (κ2) is 12.2. The van der Waals surface area contributed by atoms with Crippen molar-refractivity contribution in [3.05, 3.63) is 87.6 Å². The molecule has 0 fully saturated rings. The van der Waals surface area contributed by atoms with Crippen LogP contribution in [0.2, 0.25) is 0 Å². The van der Waals surface area contributed by atoms with Crippen molar-refractivity contribution in [3.8, 4) is 0 Å². The van der Waals surface area contributed by atoms with Crippen LogP contribution in [-0.2, 0) is 18.4 Å². The van der Waals surface area contributed by atoms with Crippen LogP contribution in [0.5, 0.6) is 0 Å². The zero-order chi connectivity index (χ0) is 26.6. The Labute approximate surface area is 238 Å². The molecule has 0 aliphatic heterocycles. The molecule has 0 bridgehead atoms. The lowest BCUT2D eigenvalue weighted by Gasteiger charge is -2.27. The number of amides is 1. The third-order valence-electron chi connectivity index (χ3n) is 5.65. The van der Waals surface area contributed by atoms with E-state index < -0.39 is 4.92 Å². The molecule has 0 saturated heterocycles. The summed E-state index contributed by atoms with van der Waals surface area (Å²) in [6, 6.07) is 13.2. The monoisotopic (exact) mass is 644 g/mol. The van der Waals surface area contributed by atoms with Crippen LogP contribution < -0.4 is 27.6 Å². The van der Waals surface area contributed by atoms with Crippen molar-refractivity contribution < 1.29 is 31.2 Å². The average Bonchev–Trinajstić information content (AvgIpc) is 3.19. The molecule has 4 aromatic rings. The third-order valence-corrected chi connectivity index (χ3v) is 6.14. The van der Waals surface area contributed by atoms with Gasteiger partial charge in [0.2, 0.25) is 12.2 Å². The van der Waals surface area contributed by atoms with Crippen molar-refractivity contribution in [1.82, 2.24) is 19.5 Å². The highest BCUT2D eigenvalue weighted by Crippen LogP contribution is 2.27. The standard InChI is InChI=1S/C25H25BrN8O3.BrH/c1-32-16-29-25(33(36)37)22(32)14-34(2,3)11-5-8-23(35)30-19-9-10-21-20(13-19)24(28-15-27-21)31-18-7-4-6-17(26)12-18;/h4-10,12-13,15-16H,11,14H2,1-3H3,(H-,27,28,30,31,35);1H/b8-5+;. The molecule has 1 amide bonds. The van der Waals surface area contributed by atoms with Gasteiger partial charge in [0.05, 0.1) is 26.2 Å². The number of aryl methyl sites for hydroxylation is 1. The minimum atomic E-state index is -0.479. The number of nitrogens with zero attached hydrogens (tertiary/aromatic N) is 6. The van der Waals surface area contributed by atoms with E-state index in [0.717, 1.165) is 21.1 Å². The first-order valence-corrected chi connectivity index (χ1v) is 12.1. The highest BCUT2D eigenvalue weighted by atomic mass is 79.9. The highest BCUT2D eigenvalue weighted by molar-refractivity contribution is 9.10. The number of nitrogens with one attached hydrogen (secondary N) is 2. The molecule has 2 N–H and O–H groups in total. The van der Waals surface area contributed by atoms with E-state index in [-0.39, 0.29) is 28.7 Å². The molecule has 0 aliphatic rings. The summed E-state index contributed by atoms with van der Waals surface area (Å²) in [5.41, 5.74) is 2.74. The fraction of sp³-hybridized carbons (Fsp3) is 0.200. The molecule has 4 rings (SSSR count). The molecule has 2 heterocycles. The van der Waals surface area contributed by atoms with Crippen LogP contribution in [0.25, 0.3) is 10.9 Å². The second-order valence-corrected chi connectivity index (χ2v) is 10.1. The van der Waals surface area contributed by atoms with Gasteiger partial charge in [-0.1, -0.05) is 22.0 Å². The van der Waals surface area contributed by atoms with E-state index in [2.05, 4.69) is 41.5 Å². The number of carbonyl (C=O) groups excluding carboxylic acids is 1. The van der Waals surface area contributed by atoms with Gasteiger partial charge < -0.3 is 46.8 Å². The second-order valence-electron chi connectivity index (χ2n) is 9.14. The molecule has 38 heavy (non-hydrogen) atoms. The van der Waals surface area contributed by atoms with Gasteiger partial charge in [-0.2, -0.15) is 0 Å². The Hall–Kier alpha value is -3.68. The quantitative estimate of drug-likeness (QED) is 0.122. The van der Waals surface area contributed by atoms with Crippen molar-refractivity contribution >= 4 is 55.8 Å². The Morgan fingerprint density at radius 3 is 2.68 bits per heavy atom. The Balaban J connectivity index is 0.00000400. The largest absolute Gasteiger partial charge is 1.00 e. The van der Waals surface area contributed by atoms with Gasteiger partial charge >= 0.3 is 5.82 Å². The summed E-state index contributed by atoms with van der Waals surface area (Å²) >= 11 is 3.46. The smallest absolute Gasteiger partial charge is 0.390 e. The predicted octanol–water partition coefficient (Wildman–Crippen LogP) is 1.55. The van der Waals surface area contributed by atoms with Crippen molar-refractivity contribution in [2.24, 2.45) is 7.05 Å². The molecule has 0 spiro atoms. The van der Waals surface area contributed by atoms with Crippen LogP contribution >= 0.6 is 15.9 Å². The third kappa shape index (κ3) is 7.21. The summed E-state index contributed by atoms with van der Waals surface area (Å²) in [4.78, 5) is 35.9. The normalized spacial score (nSPS) is 11.4. The number of rotatable bonds is 9. The van der Waals surface area contributed by atoms with E-state index in [1.807, 2.05) is 50.5 Å². The maximum Gasteiger partial charge on any atom is 0.390 e. The summed E-state index contributed by atoms with van der Waals surface area (Å²) < 4.78 is 3.00. The van der Waals surface area contributed by atoms with Crippen LogP contribution in [0.4, 0.5) is 23.0 Å². The fourth-order valence-corrected chi connectivity index (χ4v) is 4.21. The van der Waals surface area contributed by atoms with E-state index in [1.54, 1.807) is 23.8 Å². The van der Waals surface area contributed by atoms with Gasteiger partial charge in [0.1, 0.15) is 18.7 Å². The number of quaternary nitrogens is 1. The van der Waals surface area contributed by atoms with E-state index >= 15 is 0 Å². The summed E-state index contributed by atoms with van der Waals surface area (Å²) in [7, 11) is 5.59. The van der Waals surface area contributed by atoms with E-state index in [1.165, 1.54) is 18.7 Å². The molecule has 11 nitrogen and oxygen atoms in total. The van der Waals surface area contributed by atoms with Gasteiger partial charge in [0.25, 0.3) is 0 Å². The van der Waals surface area contributed by atoms with Gasteiger partial charge in [-0.25, -0.2) is 9.97 Å². The molecule has 0 aliphatic carbocycles. The molecular weight excluding hydrogens is 620 g/mol. The number of anilines is 3. The molecule has 0 saturated carbocycles. The summed E-state index contributed by atoms with van der Waals surface area (Å²) in [6.07, 6.45) is 6.14. The zero-order valence-electron chi connectivity index (χ0n) is 20.9. The topological polar surface area (TPSA) is 128 Å². The molecule has 0 atom stereocenters. The maximum atomic E-state index is 12.6. The number of fused-ring (bicyclic) bond motifs is 1. The first-order chi connectivity index (χ1) is 17.6. The number of halogens is 2. The molecule has 2 aromatic heterocycles. The van der Waals surface area contributed by atoms with Crippen LogP contribution in [0.1, 0.15) is 5.69 Å². The zero-order valence-corrected chi connectivity index (χ0v) is 24.1. The van der Waals surface area contributed by atoms with Crippen LogP contribution in [0.3, 0.4) is 0 Å². The van der Waals surface area contributed by atoms with E-state index in [9.17, 15) is 14.9 Å². The van der Waals surface area contributed by atoms with Crippen LogP contribution in [0, 0.1) is 10.1 Å². The molecule has 198 valence electrons. The summed E-state index contributed by atoms with van der Waals surface area (Å²) in [5.74, 6) is 0.187. The lowest BCUT2D eigenvalue weighted by atomic mass is 10.2. The Kier molecular flexibility index (Phi) is 9.31. The van der Waals surface area contributed by atoms with E-state index in [4.69, 9.17) is 0 Å². The Morgan fingerprint density at radius 2 is 1.95 bits per heavy atom. The van der Waals surface area contributed by atoms with Gasteiger partial charge in [0.15, 0.2) is 5.69 Å². The van der Waals surface area contributed by atoms with Gasteiger partial charge in [0, 0.05) is 34.4 Å². The van der Waals surface area contributed by atoms with E-state index in [0.29, 0.717) is 34.8 Å². The number of likely N-dealkylation sites (N-methyl/N-ethyl adjacent to an activating group) is 1. The molecule has 0 radical (unpaired) electrons. The van der Waals surface area contributed by atoms with Gasteiger partial charge in [-0.3, -0.25) is 4.79 Å². The lowest BCUT2D eigenvalue weighted by molar-refractivity contribution is -0.898. The van der Waals surface area contributed by atoms with Crippen molar-refractivity contribution in [1.29, 1.82) is 0 Å². The SMILES string of the molecule is Cn1cnc([N+](=O)[O-])c1C[N+](C)(C)C/C=C/C(=O)Nc1ccc2ncnc(Nc3cccc(Br)c3)c2c1.[Br-]. The minimum absolute atomic E-state index is 0. The highest BCUT2D eigenvalue weighted by Gasteiger charge is 2.26. The maximum absolute atomic E-state index is 12.6. The van der Waals surface area contributed by atoms with Crippen LogP contribution in [0.15, 0.2) is 71.7 Å². The lowest BCUT2D eigenvalue weighted by Crippen LogP contribution is -3.00. The number of benzene rings is 2. The summed E-state index contributed by atoms with van der Waals surface area (Å²) in [6.45, 7) is 0.874. The molecule has 2 aromatic carbocycles. The predicted molar refractivity (Wildman–Crippen MR) is 145 cm³/mol. The number of hydrogen-bond donors (Lipinski definition) is 2. The van der Waals surface area contributed by atoms with Crippen LogP contribution in [-0.4, -0.2) is 55.5 Å². The molecular formula is C25H26Br2N8O3. The molecule has 0 unspecified atom stereocenters. The van der Waals surface area contributed by atoms with Crippen molar-refractivity contribution in [2.45, 2.75) is 6.54 Å². The molecule has 13 heteroatoms. The first kappa shape index (κ1) is 28.9. The number of nitro groups is 1. The Morgan fingerprint density at radius 1 is 1.16 bits per heavy atom.